The zero-order valence-electron chi connectivity index (χ0n) is 9.59. The van der Waals surface area contributed by atoms with Crippen molar-refractivity contribution in [2.45, 2.75) is 6.42 Å². The monoisotopic (exact) mass is 247 g/mol. The van der Waals surface area contributed by atoms with Crippen LogP contribution in [0.4, 0.5) is 5.69 Å². The third-order valence-corrected chi connectivity index (χ3v) is 2.36. The van der Waals surface area contributed by atoms with E-state index in [0.717, 1.165) is 0 Å². The number of hydrogen-bond donors (Lipinski definition) is 3. The number of hydrogen-bond acceptors (Lipinski definition) is 6. The fourth-order valence-electron chi connectivity index (χ4n) is 1.49. The molecule has 0 aliphatic heterocycles. The summed E-state index contributed by atoms with van der Waals surface area (Å²) in [5, 5.41) is 6.23. The zero-order valence-corrected chi connectivity index (χ0v) is 9.59. The van der Waals surface area contributed by atoms with Crippen molar-refractivity contribution >= 4 is 11.6 Å². The molecule has 0 spiro atoms. The lowest BCUT2D eigenvalue weighted by atomic mass is 10.1. The Morgan fingerprint density at radius 1 is 1.39 bits per heavy atom. The molecule has 0 bridgehead atoms. The number of nitrogens with two attached hydrogens (primary N) is 1. The van der Waals surface area contributed by atoms with Gasteiger partial charge in [-0.25, -0.2) is 0 Å². The predicted molar refractivity (Wildman–Crippen MR) is 64.6 cm³/mol. The average molecular weight is 247 g/mol. The molecule has 94 valence electrons. The summed E-state index contributed by atoms with van der Waals surface area (Å²) in [7, 11) is 0. The Labute approximate surface area is 103 Å². The molecule has 0 atom stereocenters. The lowest BCUT2D eigenvalue weighted by Gasteiger charge is -2.08. The highest BCUT2D eigenvalue weighted by Gasteiger charge is 2.09. The molecule has 4 N–H and O–H groups in total. The van der Waals surface area contributed by atoms with Crippen LogP contribution in [-0.4, -0.2) is 22.6 Å². The van der Waals surface area contributed by atoms with Crippen molar-refractivity contribution in [1.82, 2.24) is 15.5 Å². The van der Waals surface area contributed by atoms with Gasteiger partial charge in [-0.3, -0.25) is 10.6 Å². The van der Waals surface area contributed by atoms with E-state index < -0.39 is 0 Å². The van der Waals surface area contributed by atoms with Crippen molar-refractivity contribution in [3.8, 4) is 0 Å². The van der Waals surface area contributed by atoms with Crippen molar-refractivity contribution in [3.05, 3.63) is 42.0 Å². The lowest BCUT2D eigenvalue weighted by Crippen LogP contribution is -2.27. The van der Waals surface area contributed by atoms with E-state index in [1.165, 1.54) is 6.33 Å². The van der Waals surface area contributed by atoms with Crippen LogP contribution >= 0.6 is 0 Å². The number of rotatable bonds is 5. The molecule has 1 amide bonds. The Morgan fingerprint density at radius 3 is 2.94 bits per heavy atom. The van der Waals surface area contributed by atoms with Crippen molar-refractivity contribution in [2.75, 3.05) is 12.0 Å². The molecule has 7 heteroatoms. The third kappa shape index (κ3) is 2.83. The fourth-order valence-corrected chi connectivity index (χ4v) is 1.49. The number of aromatic nitrogens is 2. The number of nitrogens with zero attached hydrogens (tertiary/aromatic N) is 2. The summed E-state index contributed by atoms with van der Waals surface area (Å²) in [6.45, 7) is 0.417. The first-order valence-corrected chi connectivity index (χ1v) is 5.40. The SMILES string of the molecule is NNc1ccccc1C(=O)NCCc1ncno1. The molecule has 2 rings (SSSR count). The van der Waals surface area contributed by atoms with E-state index >= 15 is 0 Å². The largest absolute Gasteiger partial charge is 0.351 e. The molecule has 1 aromatic heterocycles. The maximum Gasteiger partial charge on any atom is 0.253 e. The quantitative estimate of drug-likeness (QED) is 0.519. The standard InChI is InChI=1S/C11H13N5O2/c12-16-9-4-2-1-3-8(9)11(17)13-6-5-10-14-7-15-18-10/h1-4,7,16H,5-6,12H2,(H,13,17). The zero-order chi connectivity index (χ0) is 12.8. The molecular formula is C11H13N5O2. The molecule has 18 heavy (non-hydrogen) atoms. The summed E-state index contributed by atoms with van der Waals surface area (Å²) in [6.07, 6.45) is 1.81. The Hall–Kier alpha value is -2.41. The summed E-state index contributed by atoms with van der Waals surface area (Å²) >= 11 is 0. The van der Waals surface area contributed by atoms with E-state index in [4.69, 9.17) is 10.4 Å². The van der Waals surface area contributed by atoms with Crippen molar-refractivity contribution in [3.63, 3.8) is 0 Å². The highest BCUT2D eigenvalue weighted by atomic mass is 16.5. The van der Waals surface area contributed by atoms with Gasteiger partial charge >= 0.3 is 0 Å². The van der Waals surface area contributed by atoms with Crippen LogP contribution in [0, 0.1) is 0 Å². The van der Waals surface area contributed by atoms with Crippen LogP contribution in [0.5, 0.6) is 0 Å². The van der Waals surface area contributed by atoms with Gasteiger partial charge in [-0.1, -0.05) is 17.3 Å². The summed E-state index contributed by atoms with van der Waals surface area (Å²) in [6, 6.07) is 6.99. The van der Waals surface area contributed by atoms with Crippen LogP contribution < -0.4 is 16.6 Å². The highest BCUT2D eigenvalue weighted by molar-refractivity contribution is 5.99. The summed E-state index contributed by atoms with van der Waals surface area (Å²) < 4.78 is 4.82. The second kappa shape index (κ2) is 5.78. The molecule has 2 aromatic rings. The van der Waals surface area contributed by atoms with Gasteiger partial charge in [-0.15, -0.1) is 0 Å². The number of amides is 1. The van der Waals surface area contributed by atoms with Gasteiger partial charge in [0.05, 0.1) is 11.3 Å². The van der Waals surface area contributed by atoms with Gasteiger partial charge in [0.2, 0.25) is 5.89 Å². The van der Waals surface area contributed by atoms with Crippen LogP contribution in [0.25, 0.3) is 0 Å². The second-order valence-electron chi connectivity index (χ2n) is 3.53. The lowest BCUT2D eigenvalue weighted by molar-refractivity contribution is 0.0954. The number of anilines is 1. The van der Waals surface area contributed by atoms with Gasteiger partial charge in [0.15, 0.2) is 6.33 Å². The number of hydrazine groups is 1. The van der Waals surface area contributed by atoms with Gasteiger partial charge in [0.25, 0.3) is 5.91 Å². The molecular weight excluding hydrogens is 234 g/mol. The molecule has 0 fully saturated rings. The molecule has 7 nitrogen and oxygen atoms in total. The van der Waals surface area contributed by atoms with Crippen molar-refractivity contribution < 1.29 is 9.32 Å². The first kappa shape index (κ1) is 12.1. The van der Waals surface area contributed by atoms with E-state index in [-0.39, 0.29) is 5.91 Å². The maximum atomic E-state index is 11.9. The van der Waals surface area contributed by atoms with E-state index in [9.17, 15) is 4.79 Å². The molecule has 0 aliphatic rings. The topological polar surface area (TPSA) is 106 Å². The predicted octanol–water partition coefficient (Wildman–Crippen LogP) is 0.328. The normalized spacial score (nSPS) is 10.1. The average Bonchev–Trinajstić information content (AvgIpc) is 2.91. The number of nitrogen functional groups attached to an aromatic ring is 1. The van der Waals surface area contributed by atoms with Crippen LogP contribution in [0.3, 0.4) is 0 Å². The Bertz CT molecular complexity index is 512. The first-order valence-electron chi connectivity index (χ1n) is 5.40. The van der Waals surface area contributed by atoms with E-state index in [2.05, 4.69) is 20.9 Å². The molecule has 0 unspecified atom stereocenters. The Balaban J connectivity index is 1.91. The molecule has 0 radical (unpaired) electrons. The van der Waals surface area contributed by atoms with Gasteiger partial charge in [0, 0.05) is 13.0 Å². The Kier molecular flexibility index (Phi) is 3.87. The smallest absolute Gasteiger partial charge is 0.253 e. The third-order valence-electron chi connectivity index (χ3n) is 2.36. The van der Waals surface area contributed by atoms with Gasteiger partial charge in [-0.05, 0) is 12.1 Å². The number of carbonyl (C=O) groups is 1. The summed E-state index contributed by atoms with van der Waals surface area (Å²) in [5.74, 6) is 5.61. The number of nitrogens with one attached hydrogen (secondary N) is 2. The number of benzene rings is 1. The molecule has 0 saturated carbocycles. The van der Waals surface area contributed by atoms with Gasteiger partial charge in [0.1, 0.15) is 0 Å². The summed E-state index contributed by atoms with van der Waals surface area (Å²) in [5.41, 5.74) is 3.55. The van der Waals surface area contributed by atoms with Crippen LogP contribution in [-0.2, 0) is 6.42 Å². The minimum absolute atomic E-state index is 0.205. The number of carbonyl (C=O) groups excluding carboxylic acids is 1. The number of para-hydroxylation sites is 1. The van der Waals surface area contributed by atoms with Crippen LogP contribution in [0.15, 0.2) is 35.1 Å². The van der Waals surface area contributed by atoms with Gasteiger partial charge in [-0.2, -0.15) is 4.98 Å². The van der Waals surface area contributed by atoms with E-state index in [0.29, 0.717) is 30.1 Å². The molecule has 0 saturated heterocycles. The highest BCUT2D eigenvalue weighted by Crippen LogP contribution is 2.12. The van der Waals surface area contributed by atoms with Crippen molar-refractivity contribution in [2.24, 2.45) is 5.84 Å². The molecule has 0 aliphatic carbocycles. The Morgan fingerprint density at radius 2 is 2.22 bits per heavy atom. The van der Waals surface area contributed by atoms with Crippen LogP contribution in [0.2, 0.25) is 0 Å². The van der Waals surface area contributed by atoms with Crippen LogP contribution in [0.1, 0.15) is 16.2 Å². The van der Waals surface area contributed by atoms with E-state index in [1.807, 2.05) is 0 Å². The maximum absolute atomic E-state index is 11.9. The molecule has 1 aromatic carbocycles. The second-order valence-corrected chi connectivity index (χ2v) is 3.53. The molecule has 1 heterocycles. The minimum Gasteiger partial charge on any atom is -0.351 e. The first-order chi connectivity index (χ1) is 8.81. The fraction of sp³-hybridized carbons (Fsp3) is 0.182. The van der Waals surface area contributed by atoms with Gasteiger partial charge < -0.3 is 15.3 Å². The minimum atomic E-state index is -0.205. The van der Waals surface area contributed by atoms with Crippen molar-refractivity contribution in [1.29, 1.82) is 0 Å². The van der Waals surface area contributed by atoms with E-state index in [1.54, 1.807) is 24.3 Å². The summed E-state index contributed by atoms with van der Waals surface area (Å²) in [4.78, 5) is 15.7.